The predicted molar refractivity (Wildman–Crippen MR) is 103 cm³/mol. The van der Waals surface area contributed by atoms with Gasteiger partial charge in [0.15, 0.2) is 0 Å². The molecule has 2 aromatic carbocycles. The van der Waals surface area contributed by atoms with Crippen LogP contribution in [-0.2, 0) is 6.18 Å². The summed E-state index contributed by atoms with van der Waals surface area (Å²) in [7, 11) is 0. The van der Waals surface area contributed by atoms with Gasteiger partial charge in [0.1, 0.15) is 17.3 Å². The van der Waals surface area contributed by atoms with E-state index in [2.05, 4.69) is 20.3 Å². The molecule has 0 saturated carbocycles. The van der Waals surface area contributed by atoms with Gasteiger partial charge in [-0.3, -0.25) is 0 Å². The molecule has 4 nitrogen and oxygen atoms in total. The van der Waals surface area contributed by atoms with Gasteiger partial charge in [0, 0.05) is 0 Å². The van der Waals surface area contributed by atoms with Gasteiger partial charge in [-0.15, -0.1) is 0 Å². The lowest BCUT2D eigenvalue weighted by Crippen LogP contribution is -2.09. The second-order valence-electron chi connectivity index (χ2n) is 5.94. The number of fused-ring (bicyclic) bond motifs is 1. The minimum Gasteiger partial charge on any atom is -0.324 e. The molecule has 28 heavy (non-hydrogen) atoms. The number of hydrogen-bond acceptors (Lipinski definition) is 4. The number of nitrogens with one attached hydrogen (secondary N) is 1. The van der Waals surface area contributed by atoms with Crippen LogP contribution in [0.15, 0.2) is 66.7 Å². The van der Waals surface area contributed by atoms with E-state index in [9.17, 15) is 13.2 Å². The van der Waals surface area contributed by atoms with Crippen molar-refractivity contribution in [1.29, 1.82) is 0 Å². The molecule has 0 aliphatic carbocycles. The quantitative estimate of drug-likeness (QED) is 0.422. The summed E-state index contributed by atoms with van der Waals surface area (Å²) in [6, 6.07) is 18.6. The van der Waals surface area contributed by atoms with Crippen molar-refractivity contribution in [2.45, 2.75) is 6.18 Å². The second kappa shape index (κ2) is 7.09. The maximum Gasteiger partial charge on any atom is 0.433 e. The van der Waals surface area contributed by atoms with E-state index >= 15 is 0 Å². The van der Waals surface area contributed by atoms with E-state index in [1.807, 2.05) is 42.5 Å². The van der Waals surface area contributed by atoms with Crippen LogP contribution in [0.5, 0.6) is 0 Å². The molecule has 0 bridgehead atoms. The molecule has 8 heteroatoms. The van der Waals surface area contributed by atoms with Gasteiger partial charge in [-0.05, 0) is 40.9 Å². The van der Waals surface area contributed by atoms with Gasteiger partial charge in [0.05, 0.1) is 10.9 Å². The van der Waals surface area contributed by atoms with Crippen LogP contribution in [-0.4, -0.2) is 15.0 Å². The summed E-state index contributed by atoms with van der Waals surface area (Å²) in [6.07, 6.45) is -4.54. The standard InChI is InChI=1S/C20H12ClF3N4/c21-19-25-14-9-4-8-13(12-6-2-1-3-7-12)17(14)18(28-19)27-16-11-5-10-15(26-16)20(22,23)24/h1-11H,(H,25,26,27,28). The fourth-order valence-electron chi connectivity index (χ4n) is 2.89. The molecule has 0 fully saturated rings. The monoisotopic (exact) mass is 400 g/mol. The molecular weight excluding hydrogens is 389 g/mol. The molecule has 4 rings (SSSR count). The number of pyridine rings is 1. The van der Waals surface area contributed by atoms with Gasteiger partial charge in [-0.25, -0.2) is 9.97 Å². The summed E-state index contributed by atoms with van der Waals surface area (Å²) in [4.78, 5) is 12.1. The molecule has 0 radical (unpaired) electrons. The Balaban J connectivity index is 1.88. The molecule has 0 aliphatic rings. The van der Waals surface area contributed by atoms with Crippen LogP contribution in [0.2, 0.25) is 5.28 Å². The Morgan fingerprint density at radius 1 is 0.786 bits per heavy atom. The average molecular weight is 401 g/mol. The first kappa shape index (κ1) is 18.2. The largest absolute Gasteiger partial charge is 0.433 e. The number of hydrogen-bond donors (Lipinski definition) is 1. The van der Waals surface area contributed by atoms with Crippen molar-refractivity contribution in [3.63, 3.8) is 0 Å². The topological polar surface area (TPSA) is 50.7 Å². The predicted octanol–water partition coefficient (Wildman–Crippen LogP) is 6.11. The third-order valence-electron chi connectivity index (χ3n) is 4.07. The lowest BCUT2D eigenvalue weighted by molar-refractivity contribution is -0.141. The maximum absolute atomic E-state index is 13.0. The first-order chi connectivity index (χ1) is 13.4. The molecule has 2 aromatic heterocycles. The van der Waals surface area contributed by atoms with Gasteiger partial charge in [-0.1, -0.05) is 48.5 Å². The zero-order valence-electron chi connectivity index (χ0n) is 14.2. The normalized spacial score (nSPS) is 11.6. The fourth-order valence-corrected chi connectivity index (χ4v) is 3.06. The minimum atomic E-state index is -4.54. The Bertz CT molecular complexity index is 1150. The molecule has 0 aliphatic heterocycles. The van der Waals surface area contributed by atoms with Crippen LogP contribution < -0.4 is 5.32 Å². The second-order valence-corrected chi connectivity index (χ2v) is 6.28. The highest BCUT2D eigenvalue weighted by Gasteiger charge is 2.32. The number of alkyl halides is 3. The Morgan fingerprint density at radius 3 is 2.29 bits per heavy atom. The molecule has 0 spiro atoms. The van der Waals surface area contributed by atoms with Gasteiger partial charge in [-0.2, -0.15) is 18.2 Å². The number of benzene rings is 2. The molecule has 0 amide bonds. The Labute approximate surface area is 163 Å². The average Bonchev–Trinajstić information content (AvgIpc) is 2.67. The highest BCUT2D eigenvalue weighted by molar-refractivity contribution is 6.29. The van der Waals surface area contributed by atoms with Crippen LogP contribution >= 0.6 is 11.6 Å². The van der Waals surface area contributed by atoms with Crippen molar-refractivity contribution in [3.8, 4) is 11.1 Å². The van der Waals surface area contributed by atoms with Crippen LogP contribution in [0, 0.1) is 0 Å². The minimum absolute atomic E-state index is 0.00811. The summed E-state index contributed by atoms with van der Waals surface area (Å²) in [6.45, 7) is 0. The summed E-state index contributed by atoms with van der Waals surface area (Å²) in [5, 5.41) is 3.48. The Kier molecular flexibility index (Phi) is 4.60. The lowest BCUT2D eigenvalue weighted by Gasteiger charge is -2.13. The maximum atomic E-state index is 13.0. The summed E-state index contributed by atoms with van der Waals surface area (Å²) < 4.78 is 38.9. The number of aromatic nitrogens is 3. The van der Waals surface area contributed by atoms with E-state index in [4.69, 9.17) is 11.6 Å². The van der Waals surface area contributed by atoms with E-state index in [0.717, 1.165) is 17.2 Å². The van der Waals surface area contributed by atoms with E-state index in [-0.39, 0.29) is 16.9 Å². The number of nitrogens with zero attached hydrogens (tertiary/aromatic N) is 3. The van der Waals surface area contributed by atoms with Crippen molar-refractivity contribution < 1.29 is 13.2 Å². The zero-order chi connectivity index (χ0) is 19.7. The molecule has 140 valence electrons. The van der Waals surface area contributed by atoms with Gasteiger partial charge in [0.2, 0.25) is 5.28 Å². The molecule has 2 heterocycles. The molecule has 1 N–H and O–H groups in total. The van der Waals surface area contributed by atoms with E-state index in [0.29, 0.717) is 10.9 Å². The summed E-state index contributed by atoms with van der Waals surface area (Å²) in [5.74, 6) is 0.287. The van der Waals surface area contributed by atoms with Crippen molar-refractivity contribution in [1.82, 2.24) is 15.0 Å². The Morgan fingerprint density at radius 2 is 1.54 bits per heavy atom. The van der Waals surface area contributed by atoms with Crippen LogP contribution in [0.4, 0.5) is 24.8 Å². The molecular formula is C20H12ClF3N4. The molecule has 0 atom stereocenters. The first-order valence-corrected chi connectivity index (χ1v) is 8.62. The van der Waals surface area contributed by atoms with E-state index < -0.39 is 11.9 Å². The summed E-state index contributed by atoms with van der Waals surface area (Å²) >= 11 is 6.03. The van der Waals surface area contributed by atoms with E-state index in [1.165, 1.54) is 12.1 Å². The Hall–Kier alpha value is -3.19. The third-order valence-corrected chi connectivity index (χ3v) is 4.24. The van der Waals surface area contributed by atoms with Gasteiger partial charge < -0.3 is 5.32 Å². The van der Waals surface area contributed by atoms with Crippen LogP contribution in [0.3, 0.4) is 0 Å². The lowest BCUT2D eigenvalue weighted by atomic mass is 10.0. The highest BCUT2D eigenvalue weighted by atomic mass is 35.5. The van der Waals surface area contributed by atoms with Crippen LogP contribution in [0.25, 0.3) is 22.0 Å². The van der Waals surface area contributed by atoms with Crippen molar-refractivity contribution >= 4 is 34.1 Å². The van der Waals surface area contributed by atoms with Crippen LogP contribution in [0.1, 0.15) is 5.69 Å². The molecule has 0 unspecified atom stereocenters. The highest BCUT2D eigenvalue weighted by Crippen LogP contribution is 2.35. The van der Waals surface area contributed by atoms with E-state index in [1.54, 1.807) is 6.07 Å². The number of rotatable bonds is 3. The third kappa shape index (κ3) is 3.61. The number of halogens is 4. The molecule has 4 aromatic rings. The fraction of sp³-hybridized carbons (Fsp3) is 0.0500. The summed E-state index contributed by atoms with van der Waals surface area (Å²) in [5.41, 5.74) is 1.31. The zero-order valence-corrected chi connectivity index (χ0v) is 15.0. The number of anilines is 2. The van der Waals surface area contributed by atoms with Gasteiger partial charge >= 0.3 is 6.18 Å². The van der Waals surface area contributed by atoms with Gasteiger partial charge in [0.25, 0.3) is 0 Å². The smallest absolute Gasteiger partial charge is 0.324 e. The van der Waals surface area contributed by atoms with Crippen molar-refractivity contribution in [2.75, 3.05) is 5.32 Å². The first-order valence-electron chi connectivity index (χ1n) is 8.25. The molecule has 0 saturated heterocycles. The SMILES string of the molecule is FC(F)(F)c1cccc(Nc2nc(Cl)nc3cccc(-c4ccccc4)c23)n1. The van der Waals surface area contributed by atoms with Crippen molar-refractivity contribution in [2.24, 2.45) is 0 Å². The van der Waals surface area contributed by atoms with Crippen molar-refractivity contribution in [3.05, 3.63) is 77.7 Å².